The number of amides is 1. The molecule has 0 fully saturated rings. The number of nitrogens with two attached hydrogens (primary N) is 1. The zero-order valence-electron chi connectivity index (χ0n) is 15.3. The molecule has 2 aromatic carbocycles. The number of para-hydroxylation sites is 1. The minimum absolute atomic E-state index is 0.131. The van der Waals surface area contributed by atoms with Gasteiger partial charge in [-0.1, -0.05) is 47.6 Å². The molecule has 2 aromatic heterocycles. The number of anilines is 1. The van der Waals surface area contributed by atoms with Crippen molar-refractivity contribution in [1.82, 2.24) is 15.2 Å². The summed E-state index contributed by atoms with van der Waals surface area (Å²) in [5.74, 6) is 0.277. The van der Waals surface area contributed by atoms with Gasteiger partial charge in [0.05, 0.1) is 11.8 Å². The van der Waals surface area contributed by atoms with Gasteiger partial charge in [-0.15, -0.1) is 10.2 Å². The van der Waals surface area contributed by atoms with Crippen molar-refractivity contribution in [3.63, 3.8) is 0 Å². The Morgan fingerprint density at radius 2 is 2.10 bits per heavy atom. The van der Waals surface area contributed by atoms with E-state index in [1.165, 1.54) is 0 Å². The normalized spacial score (nSPS) is 12.2. The Morgan fingerprint density at radius 1 is 1.24 bits per heavy atom. The molecule has 0 aliphatic carbocycles. The molecule has 0 spiro atoms. The monoisotopic (exact) mass is 427 g/mol. The van der Waals surface area contributed by atoms with Crippen LogP contribution < -0.4 is 11.1 Å². The van der Waals surface area contributed by atoms with Crippen molar-refractivity contribution < 1.29 is 9.21 Å². The fourth-order valence-electron chi connectivity index (χ4n) is 2.94. The number of benzene rings is 2. The fraction of sp³-hybridized carbons (Fsp3) is 0.150. The molecule has 0 bridgehead atoms. The third-order valence-corrected chi connectivity index (χ3v) is 5.34. The van der Waals surface area contributed by atoms with Gasteiger partial charge in [-0.3, -0.25) is 4.79 Å². The Balaban J connectivity index is 1.33. The number of thioether (sulfide) groups is 1. The first-order valence-corrected chi connectivity index (χ1v) is 10.3. The lowest BCUT2D eigenvalue weighted by molar-refractivity contribution is -0.113. The molecule has 0 saturated carbocycles. The van der Waals surface area contributed by atoms with E-state index in [9.17, 15) is 4.79 Å². The van der Waals surface area contributed by atoms with Gasteiger partial charge in [0.25, 0.3) is 5.22 Å². The molecule has 1 atom stereocenters. The maximum absolute atomic E-state index is 12.1. The second-order valence-electron chi connectivity index (χ2n) is 6.42. The Morgan fingerprint density at radius 3 is 2.97 bits per heavy atom. The van der Waals surface area contributed by atoms with Gasteiger partial charge < -0.3 is 20.5 Å². The van der Waals surface area contributed by atoms with Gasteiger partial charge in [0.1, 0.15) is 0 Å². The zero-order valence-corrected chi connectivity index (χ0v) is 16.8. The number of carbonyl (C=O) groups excluding carboxylic acids is 1. The maximum atomic E-state index is 12.1. The molecular weight excluding hydrogens is 410 g/mol. The summed E-state index contributed by atoms with van der Waals surface area (Å²) in [5, 5.41) is 12.8. The minimum Gasteiger partial charge on any atom is -0.414 e. The molecule has 0 aliphatic heterocycles. The van der Waals surface area contributed by atoms with E-state index in [-0.39, 0.29) is 11.7 Å². The van der Waals surface area contributed by atoms with Crippen molar-refractivity contribution >= 4 is 45.9 Å². The summed E-state index contributed by atoms with van der Waals surface area (Å²) in [6.07, 6.45) is 2.50. The van der Waals surface area contributed by atoms with Crippen LogP contribution in [0.1, 0.15) is 17.5 Å². The van der Waals surface area contributed by atoms with E-state index >= 15 is 0 Å². The van der Waals surface area contributed by atoms with Crippen molar-refractivity contribution in [2.75, 3.05) is 11.1 Å². The third-order valence-electron chi connectivity index (χ3n) is 4.29. The highest BCUT2D eigenvalue weighted by atomic mass is 35.5. The second-order valence-corrected chi connectivity index (χ2v) is 7.79. The van der Waals surface area contributed by atoms with Crippen LogP contribution in [0.2, 0.25) is 5.02 Å². The predicted octanol–water partition coefficient (Wildman–Crippen LogP) is 4.18. The van der Waals surface area contributed by atoms with Gasteiger partial charge >= 0.3 is 0 Å². The van der Waals surface area contributed by atoms with E-state index < -0.39 is 6.04 Å². The molecule has 9 heteroatoms. The molecule has 0 radical (unpaired) electrons. The number of aromatic nitrogens is 3. The van der Waals surface area contributed by atoms with Gasteiger partial charge in [-0.05, 0) is 36.2 Å². The van der Waals surface area contributed by atoms with Gasteiger partial charge in [-0.25, -0.2) is 0 Å². The average Bonchev–Trinajstić information content (AvgIpc) is 3.34. The number of aromatic amines is 1. The smallest absolute Gasteiger partial charge is 0.277 e. The standard InChI is InChI=1S/C20H18ClN5O2S/c21-13-4-3-5-14(9-13)24-18(27)11-29-20-26-25-19(28-20)16(22)8-12-10-23-17-7-2-1-6-15(12)17/h1-7,9-10,16,23H,8,11,22H2,(H,24,27). The molecule has 4 N–H and O–H groups in total. The minimum atomic E-state index is -0.434. The molecule has 7 nitrogen and oxygen atoms in total. The first kappa shape index (κ1) is 19.5. The lowest BCUT2D eigenvalue weighted by atomic mass is 10.1. The van der Waals surface area contributed by atoms with Crippen molar-refractivity contribution in [3.8, 4) is 0 Å². The van der Waals surface area contributed by atoms with E-state index in [1.54, 1.807) is 24.3 Å². The number of halogens is 1. The summed E-state index contributed by atoms with van der Waals surface area (Å²) in [5.41, 5.74) is 9.03. The highest BCUT2D eigenvalue weighted by molar-refractivity contribution is 7.99. The topological polar surface area (TPSA) is 110 Å². The van der Waals surface area contributed by atoms with Crippen LogP contribution in [0.3, 0.4) is 0 Å². The molecular formula is C20H18ClN5O2S. The summed E-state index contributed by atoms with van der Waals surface area (Å²) in [6, 6.07) is 14.5. The van der Waals surface area contributed by atoms with E-state index in [2.05, 4.69) is 20.5 Å². The Bertz CT molecular complexity index is 1140. The quantitative estimate of drug-likeness (QED) is 0.382. The zero-order chi connectivity index (χ0) is 20.2. The van der Waals surface area contributed by atoms with E-state index in [1.807, 2.05) is 30.5 Å². The number of nitrogens with zero attached hydrogens (tertiary/aromatic N) is 2. The van der Waals surface area contributed by atoms with Crippen LogP contribution in [-0.4, -0.2) is 26.8 Å². The molecule has 0 aliphatic rings. The number of nitrogens with one attached hydrogen (secondary N) is 2. The lowest BCUT2D eigenvalue weighted by Crippen LogP contribution is -2.14. The number of rotatable bonds is 7. The third kappa shape index (κ3) is 4.79. The molecule has 4 aromatic rings. The number of hydrogen-bond acceptors (Lipinski definition) is 6. The summed E-state index contributed by atoms with van der Waals surface area (Å²) in [7, 11) is 0. The van der Waals surface area contributed by atoms with Crippen LogP contribution in [0.5, 0.6) is 0 Å². The van der Waals surface area contributed by atoms with Crippen molar-refractivity contribution in [1.29, 1.82) is 0 Å². The molecule has 1 unspecified atom stereocenters. The molecule has 29 heavy (non-hydrogen) atoms. The number of carbonyl (C=O) groups is 1. The van der Waals surface area contributed by atoms with Gasteiger partial charge in [-0.2, -0.15) is 0 Å². The number of fused-ring (bicyclic) bond motifs is 1. The van der Waals surface area contributed by atoms with Crippen molar-refractivity contribution in [2.24, 2.45) is 5.73 Å². The summed E-state index contributed by atoms with van der Waals surface area (Å²) >= 11 is 7.07. The first-order chi connectivity index (χ1) is 14.1. The van der Waals surface area contributed by atoms with Gasteiger partial charge in [0.15, 0.2) is 0 Å². The Hall–Kier alpha value is -2.81. The Kier molecular flexibility index (Phi) is 5.84. The van der Waals surface area contributed by atoms with E-state index in [0.29, 0.717) is 28.2 Å². The summed E-state index contributed by atoms with van der Waals surface area (Å²) in [4.78, 5) is 15.3. The van der Waals surface area contributed by atoms with Gasteiger partial charge in [0.2, 0.25) is 11.8 Å². The van der Waals surface area contributed by atoms with Crippen LogP contribution in [0.15, 0.2) is 64.4 Å². The molecule has 0 saturated heterocycles. The fourth-order valence-corrected chi connectivity index (χ4v) is 3.70. The van der Waals surface area contributed by atoms with Crippen molar-refractivity contribution in [3.05, 3.63) is 71.2 Å². The number of hydrogen-bond donors (Lipinski definition) is 3. The van der Waals surface area contributed by atoms with Crippen LogP contribution >= 0.6 is 23.4 Å². The maximum Gasteiger partial charge on any atom is 0.277 e. The van der Waals surface area contributed by atoms with Gasteiger partial charge in [0, 0.05) is 27.8 Å². The lowest BCUT2D eigenvalue weighted by Gasteiger charge is -2.06. The van der Waals surface area contributed by atoms with E-state index in [4.69, 9.17) is 21.8 Å². The van der Waals surface area contributed by atoms with Crippen LogP contribution in [0.25, 0.3) is 10.9 Å². The highest BCUT2D eigenvalue weighted by Crippen LogP contribution is 2.25. The average molecular weight is 428 g/mol. The summed E-state index contributed by atoms with van der Waals surface area (Å²) < 4.78 is 5.63. The largest absolute Gasteiger partial charge is 0.414 e. The van der Waals surface area contributed by atoms with Crippen molar-refractivity contribution in [2.45, 2.75) is 17.7 Å². The molecule has 1 amide bonds. The second kappa shape index (κ2) is 8.69. The Labute approximate surface area is 176 Å². The highest BCUT2D eigenvalue weighted by Gasteiger charge is 2.18. The summed E-state index contributed by atoms with van der Waals surface area (Å²) in [6.45, 7) is 0. The molecule has 4 rings (SSSR count). The molecule has 148 valence electrons. The molecule has 2 heterocycles. The first-order valence-electron chi connectivity index (χ1n) is 8.90. The van der Waals surface area contributed by atoms with E-state index in [0.717, 1.165) is 28.2 Å². The van der Waals surface area contributed by atoms with Crippen LogP contribution in [-0.2, 0) is 11.2 Å². The number of H-pyrrole nitrogens is 1. The van der Waals surface area contributed by atoms with Crippen LogP contribution in [0, 0.1) is 0 Å². The van der Waals surface area contributed by atoms with Crippen LogP contribution in [0.4, 0.5) is 5.69 Å². The SMILES string of the molecule is NC(Cc1c[nH]c2ccccc12)c1nnc(SCC(=O)Nc2cccc(Cl)c2)o1. The predicted molar refractivity (Wildman–Crippen MR) is 114 cm³/mol.